The molecule has 0 radical (unpaired) electrons. The summed E-state index contributed by atoms with van der Waals surface area (Å²) in [6.45, 7) is 2.12. The van der Waals surface area contributed by atoms with E-state index in [0.717, 1.165) is 17.2 Å². The molecule has 1 unspecified atom stereocenters. The number of aliphatic carboxylic acids is 1. The average Bonchev–Trinajstić information content (AvgIpc) is 3.37. The molecule has 0 spiro atoms. The Bertz CT molecular complexity index is 1150. The molecule has 168 valence electrons. The van der Waals surface area contributed by atoms with Crippen molar-refractivity contribution in [3.63, 3.8) is 0 Å². The van der Waals surface area contributed by atoms with Crippen LogP contribution >= 0.6 is 23.1 Å². The van der Waals surface area contributed by atoms with Crippen molar-refractivity contribution >= 4 is 51.7 Å². The van der Waals surface area contributed by atoms with E-state index < -0.39 is 29.2 Å². The topological polar surface area (TPSA) is 165 Å². The molecule has 2 aliphatic rings. The second-order valence-electron chi connectivity index (χ2n) is 6.91. The Balaban J connectivity index is 1.54. The van der Waals surface area contributed by atoms with Gasteiger partial charge in [0, 0.05) is 30.1 Å². The van der Waals surface area contributed by atoms with E-state index in [2.05, 4.69) is 20.4 Å². The molecule has 14 heteroatoms. The molecule has 4 rings (SSSR count). The van der Waals surface area contributed by atoms with Crippen molar-refractivity contribution in [2.75, 3.05) is 18.6 Å². The van der Waals surface area contributed by atoms with Gasteiger partial charge in [0.15, 0.2) is 10.8 Å². The number of anilines is 1. The number of nitrogens with two attached hydrogens (primary N) is 1. The molecule has 1 saturated heterocycles. The Morgan fingerprint density at radius 1 is 1.47 bits per heavy atom. The minimum absolute atomic E-state index is 0.0598. The lowest BCUT2D eigenvalue weighted by Crippen LogP contribution is -2.71. The predicted octanol–water partition coefficient (Wildman–Crippen LogP) is 0.0195. The van der Waals surface area contributed by atoms with Crippen molar-refractivity contribution < 1.29 is 24.3 Å². The molecule has 2 aliphatic heterocycles. The maximum Gasteiger partial charge on any atom is 0.352 e. The molecule has 2 amide bonds. The maximum atomic E-state index is 12.9. The number of β-lactam (4-membered cyclic amide) rings is 1. The number of nitrogens with zero attached hydrogens (tertiary/aromatic N) is 5. The largest absolute Gasteiger partial charge is 0.477 e. The first-order valence-electron chi connectivity index (χ1n) is 9.33. The highest BCUT2D eigenvalue weighted by atomic mass is 32.2. The van der Waals surface area contributed by atoms with Crippen LogP contribution in [0.4, 0.5) is 5.13 Å². The van der Waals surface area contributed by atoms with Crippen LogP contribution in [0.3, 0.4) is 0 Å². The van der Waals surface area contributed by atoms with Gasteiger partial charge < -0.3 is 25.6 Å². The lowest BCUT2D eigenvalue weighted by atomic mass is 10.0. The Labute approximate surface area is 190 Å². The van der Waals surface area contributed by atoms with Crippen LogP contribution in [-0.4, -0.2) is 72.3 Å². The lowest BCUT2D eigenvalue weighted by Gasteiger charge is -2.49. The van der Waals surface area contributed by atoms with E-state index >= 15 is 0 Å². The molecule has 2 aromatic rings. The summed E-state index contributed by atoms with van der Waals surface area (Å²) in [4.78, 5) is 51.8. The third-order valence-electron chi connectivity index (χ3n) is 4.98. The Hall–Kier alpha value is -3.39. The molecular formula is C18H19N7O5S2. The first-order chi connectivity index (χ1) is 15.3. The van der Waals surface area contributed by atoms with Crippen LogP contribution in [0, 0.1) is 6.92 Å². The van der Waals surface area contributed by atoms with Crippen molar-refractivity contribution in [3.05, 3.63) is 40.6 Å². The zero-order valence-electron chi connectivity index (χ0n) is 17.0. The first-order valence-corrected chi connectivity index (χ1v) is 11.3. The fourth-order valence-corrected chi connectivity index (χ4v) is 5.37. The first kappa shape index (κ1) is 21.8. The fourth-order valence-electron chi connectivity index (χ4n) is 3.48. The summed E-state index contributed by atoms with van der Waals surface area (Å²) in [6, 6.07) is -0.906. The van der Waals surface area contributed by atoms with Crippen LogP contribution in [0.2, 0.25) is 0 Å². The molecule has 12 nitrogen and oxygen atoms in total. The van der Waals surface area contributed by atoms with E-state index in [4.69, 9.17) is 10.6 Å². The van der Waals surface area contributed by atoms with Crippen LogP contribution in [0.25, 0.3) is 0 Å². The standard InChI is InChI=1S/C18H19N7O5S2/c1-8-20-3-4-24(8)5-9-6-31-16-12(15(27)25(16)13(9)17(28)29)22-14(26)11(23-30-2)10-7-32-18(19)21-10/h3-4,7,12,16H,5-6H2,1-2H3,(H2,19,21)(H,22,26)(H,28,29)/b23-11-/t12?,16-/m1/s1. The minimum atomic E-state index is -1.19. The number of nitrogens with one attached hydrogen (secondary N) is 1. The highest BCUT2D eigenvalue weighted by Crippen LogP contribution is 2.40. The van der Waals surface area contributed by atoms with Crippen molar-refractivity contribution in [1.82, 2.24) is 24.8 Å². The minimum Gasteiger partial charge on any atom is -0.477 e. The van der Waals surface area contributed by atoms with Gasteiger partial charge in [-0.2, -0.15) is 0 Å². The highest BCUT2D eigenvalue weighted by molar-refractivity contribution is 8.00. The maximum absolute atomic E-state index is 12.9. The van der Waals surface area contributed by atoms with E-state index in [9.17, 15) is 19.5 Å². The summed E-state index contributed by atoms with van der Waals surface area (Å²) in [7, 11) is 1.28. The third kappa shape index (κ3) is 3.82. The summed E-state index contributed by atoms with van der Waals surface area (Å²) in [5.74, 6) is -1.25. The van der Waals surface area contributed by atoms with Gasteiger partial charge in [0.25, 0.3) is 11.8 Å². The van der Waals surface area contributed by atoms with Gasteiger partial charge in [0.05, 0.1) is 0 Å². The van der Waals surface area contributed by atoms with Crippen molar-refractivity contribution in [3.8, 4) is 0 Å². The normalized spacial score (nSPS) is 20.6. The number of thioether (sulfide) groups is 1. The number of carboxylic acids is 1. The Morgan fingerprint density at radius 2 is 2.25 bits per heavy atom. The number of hydrogen-bond acceptors (Lipinski definition) is 10. The average molecular weight is 478 g/mol. The number of hydrogen-bond donors (Lipinski definition) is 3. The van der Waals surface area contributed by atoms with Crippen molar-refractivity contribution in [1.29, 1.82) is 0 Å². The van der Waals surface area contributed by atoms with Crippen LogP contribution in [-0.2, 0) is 25.8 Å². The molecule has 2 atom stereocenters. The predicted molar refractivity (Wildman–Crippen MR) is 117 cm³/mol. The second-order valence-corrected chi connectivity index (χ2v) is 8.91. The molecule has 2 aromatic heterocycles. The summed E-state index contributed by atoms with van der Waals surface area (Å²) >= 11 is 2.51. The highest BCUT2D eigenvalue weighted by Gasteiger charge is 2.54. The van der Waals surface area contributed by atoms with Gasteiger partial charge in [0.2, 0.25) is 0 Å². The molecule has 4 N–H and O–H groups in total. The van der Waals surface area contributed by atoms with E-state index in [-0.39, 0.29) is 22.2 Å². The Kier molecular flexibility index (Phi) is 5.88. The summed E-state index contributed by atoms with van der Waals surface area (Å²) in [6.07, 6.45) is 3.38. The van der Waals surface area contributed by atoms with Gasteiger partial charge in [-0.3, -0.25) is 14.5 Å². The SMILES string of the molecule is CO/N=C(\C(=O)NC1C(=O)N2C(C(=O)O)=C(Cn3ccnc3C)CS[C@H]12)c1csc(N)n1. The molecule has 0 bridgehead atoms. The lowest BCUT2D eigenvalue weighted by molar-refractivity contribution is -0.150. The number of carbonyl (C=O) groups is 3. The van der Waals surface area contributed by atoms with Gasteiger partial charge in [-0.1, -0.05) is 5.16 Å². The zero-order chi connectivity index (χ0) is 23.0. The summed E-state index contributed by atoms with van der Waals surface area (Å²) < 4.78 is 1.82. The number of rotatable bonds is 7. The number of imidazole rings is 1. The van der Waals surface area contributed by atoms with Crippen molar-refractivity contribution in [2.24, 2.45) is 5.16 Å². The van der Waals surface area contributed by atoms with Gasteiger partial charge >= 0.3 is 5.97 Å². The van der Waals surface area contributed by atoms with Gasteiger partial charge in [-0.05, 0) is 12.5 Å². The number of carbonyl (C=O) groups excluding carboxylic acids is 2. The number of oxime groups is 1. The quantitative estimate of drug-likeness (QED) is 0.283. The summed E-state index contributed by atoms with van der Waals surface area (Å²) in [5.41, 5.74) is 6.25. The molecule has 0 saturated carbocycles. The molecular weight excluding hydrogens is 458 g/mol. The third-order valence-corrected chi connectivity index (χ3v) is 7.00. The fraction of sp³-hybridized carbons (Fsp3) is 0.333. The Morgan fingerprint density at radius 3 is 2.84 bits per heavy atom. The van der Waals surface area contributed by atoms with E-state index in [0.29, 0.717) is 17.9 Å². The van der Waals surface area contributed by atoms with Crippen LogP contribution in [0.5, 0.6) is 0 Å². The van der Waals surface area contributed by atoms with Crippen molar-refractivity contribution in [2.45, 2.75) is 24.9 Å². The van der Waals surface area contributed by atoms with Gasteiger partial charge in [-0.15, -0.1) is 23.1 Å². The van der Waals surface area contributed by atoms with Crippen LogP contribution < -0.4 is 11.1 Å². The molecule has 32 heavy (non-hydrogen) atoms. The second kappa shape index (κ2) is 8.63. The van der Waals surface area contributed by atoms with Crippen LogP contribution in [0.1, 0.15) is 11.5 Å². The van der Waals surface area contributed by atoms with Gasteiger partial charge in [-0.25, -0.2) is 14.8 Å². The van der Waals surface area contributed by atoms with Crippen LogP contribution in [0.15, 0.2) is 34.2 Å². The molecule has 4 heterocycles. The number of fused-ring (bicyclic) bond motifs is 1. The zero-order valence-corrected chi connectivity index (χ0v) is 18.6. The van der Waals surface area contributed by atoms with E-state index in [1.165, 1.54) is 23.8 Å². The van der Waals surface area contributed by atoms with E-state index in [1.807, 2.05) is 11.5 Å². The van der Waals surface area contributed by atoms with E-state index in [1.54, 1.807) is 17.8 Å². The number of carboxylic acid groups (broad SMARTS) is 1. The molecule has 0 aliphatic carbocycles. The number of aromatic nitrogens is 3. The smallest absolute Gasteiger partial charge is 0.352 e. The number of nitrogen functional groups attached to an aromatic ring is 1. The number of aryl methyl sites for hydroxylation is 1. The summed E-state index contributed by atoms with van der Waals surface area (Å²) in [5, 5.41) is 17.4. The molecule has 1 fully saturated rings. The number of thiazole rings is 1. The molecule has 0 aromatic carbocycles. The monoisotopic (exact) mass is 477 g/mol. The number of amides is 2. The van der Waals surface area contributed by atoms with Gasteiger partial charge in [0.1, 0.15) is 35.7 Å².